The van der Waals surface area contributed by atoms with Crippen molar-refractivity contribution in [1.82, 2.24) is 35.1 Å². The van der Waals surface area contributed by atoms with Crippen molar-refractivity contribution in [3.05, 3.63) is 84.3 Å². The SMILES string of the molecule is CN(C(=O)C1(c2ccnn2C)CCN(c2cnnc(-c3ccccc3O)c2)CC1)C1CCN(CCC2CCN(c3ccc([C@]4(C)CCC(=O)NC4=O)cc3)CC2)CC1. The molecular formula is C45H57N9O4. The Balaban J connectivity index is 0.821. The fourth-order valence-corrected chi connectivity index (χ4v) is 9.92. The van der Waals surface area contributed by atoms with Gasteiger partial charge in [-0.05, 0) is 113 Å². The van der Waals surface area contributed by atoms with Gasteiger partial charge in [-0.1, -0.05) is 24.3 Å². The molecule has 2 N–H and O–H groups in total. The predicted octanol–water partition coefficient (Wildman–Crippen LogP) is 5.04. The third-order valence-electron chi connectivity index (χ3n) is 13.9. The summed E-state index contributed by atoms with van der Waals surface area (Å²) < 4.78 is 1.87. The number of hydrogen-bond donors (Lipinski definition) is 2. The number of para-hydroxylation sites is 1. The lowest BCUT2D eigenvalue weighted by molar-refractivity contribution is -0.140. The Morgan fingerprint density at radius 3 is 2.28 bits per heavy atom. The number of aryl methyl sites for hydroxylation is 1. The second-order valence-electron chi connectivity index (χ2n) is 17.2. The number of hydrogen-bond acceptors (Lipinski definition) is 10. The predicted molar refractivity (Wildman–Crippen MR) is 223 cm³/mol. The fourth-order valence-electron chi connectivity index (χ4n) is 9.92. The van der Waals surface area contributed by atoms with E-state index >= 15 is 0 Å². The van der Waals surface area contributed by atoms with Gasteiger partial charge in [0.1, 0.15) is 5.75 Å². The zero-order valence-corrected chi connectivity index (χ0v) is 34.1. The highest BCUT2D eigenvalue weighted by Gasteiger charge is 2.48. The van der Waals surface area contributed by atoms with Crippen molar-refractivity contribution >= 4 is 29.1 Å². The molecule has 1 atom stereocenters. The van der Waals surface area contributed by atoms with Crippen LogP contribution in [0.1, 0.15) is 76.0 Å². The monoisotopic (exact) mass is 787 g/mol. The van der Waals surface area contributed by atoms with Gasteiger partial charge in [0.25, 0.3) is 0 Å². The largest absolute Gasteiger partial charge is 0.507 e. The van der Waals surface area contributed by atoms with Gasteiger partial charge in [-0.15, -0.1) is 0 Å². The molecule has 0 unspecified atom stereocenters. The molecule has 306 valence electrons. The van der Waals surface area contributed by atoms with Crippen molar-refractivity contribution in [2.45, 2.75) is 81.6 Å². The summed E-state index contributed by atoms with van der Waals surface area (Å²) in [5, 5.41) is 26.0. The van der Waals surface area contributed by atoms with Crippen LogP contribution in [0.3, 0.4) is 0 Å². The molecule has 2 aromatic carbocycles. The van der Waals surface area contributed by atoms with E-state index < -0.39 is 10.8 Å². The smallest absolute Gasteiger partial charge is 0.236 e. The molecule has 0 saturated carbocycles. The van der Waals surface area contributed by atoms with Gasteiger partial charge in [-0.25, -0.2) is 0 Å². The zero-order valence-electron chi connectivity index (χ0n) is 34.1. The van der Waals surface area contributed by atoms with E-state index in [2.05, 4.69) is 64.5 Å². The molecule has 4 aliphatic rings. The van der Waals surface area contributed by atoms with Crippen LogP contribution in [0.4, 0.5) is 11.4 Å². The van der Waals surface area contributed by atoms with E-state index in [1.54, 1.807) is 24.5 Å². The lowest BCUT2D eigenvalue weighted by Gasteiger charge is -2.45. The summed E-state index contributed by atoms with van der Waals surface area (Å²) in [6.45, 7) is 8.45. The number of amides is 3. The van der Waals surface area contributed by atoms with Crippen LogP contribution in [-0.4, -0.2) is 112 Å². The molecule has 8 rings (SSSR count). The Hall–Kier alpha value is -5.30. The summed E-state index contributed by atoms with van der Waals surface area (Å²) in [7, 11) is 3.95. The molecule has 0 bridgehead atoms. The minimum Gasteiger partial charge on any atom is -0.507 e. The van der Waals surface area contributed by atoms with E-state index in [9.17, 15) is 19.5 Å². The first-order valence-corrected chi connectivity index (χ1v) is 21.1. The zero-order chi connectivity index (χ0) is 40.4. The molecule has 4 fully saturated rings. The van der Waals surface area contributed by atoms with Gasteiger partial charge < -0.3 is 24.7 Å². The molecule has 0 radical (unpaired) electrons. The summed E-state index contributed by atoms with van der Waals surface area (Å²) in [5.74, 6) is 0.662. The number of likely N-dealkylation sites (N-methyl/N-ethyl adjacent to an activating group) is 1. The third-order valence-corrected chi connectivity index (χ3v) is 13.9. The van der Waals surface area contributed by atoms with Crippen LogP contribution >= 0.6 is 0 Å². The second-order valence-corrected chi connectivity index (χ2v) is 17.2. The van der Waals surface area contributed by atoms with Crippen LogP contribution < -0.4 is 15.1 Å². The van der Waals surface area contributed by atoms with E-state index in [0.29, 0.717) is 55.9 Å². The number of imide groups is 1. The van der Waals surface area contributed by atoms with Crippen molar-refractivity contribution in [3.8, 4) is 17.0 Å². The standard InChI is InChI=1S/C45H57N9O4/c1-44(19-12-41(56)48-42(44)57)33-8-10-35(11-9-33)53-26-15-32(16-27-53)14-23-52-24-17-34(18-25-52)50(2)43(58)45(40-13-22-47-51(40)3)20-28-54(29-21-45)36-30-38(49-46-31-36)37-6-4-5-7-39(37)55/h4-11,13,22,30-32,34,55H,12,14-21,23-29H2,1-3H3,(H,48,56,57)/t44-/m0/s1. The molecule has 0 aliphatic carbocycles. The number of rotatable bonds is 10. The van der Waals surface area contributed by atoms with E-state index in [-0.39, 0.29) is 29.5 Å². The maximum atomic E-state index is 14.7. The van der Waals surface area contributed by atoms with Crippen LogP contribution in [0.15, 0.2) is 73.1 Å². The van der Waals surface area contributed by atoms with Crippen LogP contribution in [0, 0.1) is 5.92 Å². The second kappa shape index (κ2) is 16.5. The summed E-state index contributed by atoms with van der Waals surface area (Å²) in [6, 6.07) is 19.7. The van der Waals surface area contributed by atoms with Crippen molar-refractivity contribution in [2.75, 3.05) is 62.7 Å². The summed E-state index contributed by atoms with van der Waals surface area (Å²) in [5.41, 5.74) is 3.98. The molecular weight excluding hydrogens is 731 g/mol. The van der Waals surface area contributed by atoms with Crippen molar-refractivity contribution in [2.24, 2.45) is 13.0 Å². The van der Waals surface area contributed by atoms with Gasteiger partial charge in [0.05, 0.1) is 34.1 Å². The number of nitrogens with zero attached hydrogens (tertiary/aromatic N) is 8. The Bertz CT molecular complexity index is 2100. The van der Waals surface area contributed by atoms with Crippen LogP contribution in [-0.2, 0) is 32.3 Å². The number of nitrogens with one attached hydrogen (secondary N) is 1. The highest BCUT2D eigenvalue weighted by atomic mass is 16.3. The molecule has 0 spiro atoms. The minimum absolute atomic E-state index is 0.170. The number of piperidine rings is 4. The van der Waals surface area contributed by atoms with Crippen molar-refractivity contribution < 1.29 is 19.5 Å². The molecule has 4 saturated heterocycles. The van der Waals surface area contributed by atoms with E-state index in [1.807, 2.05) is 50.0 Å². The Labute approximate surface area is 341 Å². The Morgan fingerprint density at radius 2 is 1.60 bits per heavy atom. The first kappa shape index (κ1) is 39.5. The normalized spacial score (nSPS) is 22.2. The maximum absolute atomic E-state index is 14.7. The summed E-state index contributed by atoms with van der Waals surface area (Å²) >= 11 is 0. The number of phenolic OH excluding ortho intramolecular Hbond substituents is 1. The third kappa shape index (κ3) is 7.80. The molecule has 2 aromatic heterocycles. The number of aromatic hydroxyl groups is 1. The van der Waals surface area contributed by atoms with E-state index in [4.69, 9.17) is 0 Å². The molecule has 13 nitrogen and oxygen atoms in total. The topological polar surface area (TPSA) is 140 Å². The van der Waals surface area contributed by atoms with E-state index in [1.165, 1.54) is 24.9 Å². The average molecular weight is 788 g/mol. The van der Waals surface area contributed by atoms with Crippen LogP contribution in [0.25, 0.3) is 11.3 Å². The summed E-state index contributed by atoms with van der Waals surface area (Å²) in [6.07, 6.45) is 11.3. The molecule has 13 heteroatoms. The van der Waals surface area contributed by atoms with Crippen molar-refractivity contribution in [3.63, 3.8) is 0 Å². The highest BCUT2D eigenvalue weighted by Crippen LogP contribution is 2.40. The minimum atomic E-state index is -0.669. The van der Waals surface area contributed by atoms with Crippen LogP contribution in [0.5, 0.6) is 5.75 Å². The number of carbonyl (C=O) groups is 3. The van der Waals surface area contributed by atoms with Gasteiger partial charge in [-0.3, -0.25) is 24.4 Å². The van der Waals surface area contributed by atoms with Crippen molar-refractivity contribution in [1.29, 1.82) is 0 Å². The lowest BCUT2D eigenvalue weighted by atomic mass is 9.73. The quantitative estimate of drug-likeness (QED) is 0.210. The number of carbonyl (C=O) groups excluding carboxylic acids is 3. The fraction of sp³-hybridized carbons (Fsp3) is 0.511. The first-order valence-electron chi connectivity index (χ1n) is 21.1. The average Bonchev–Trinajstić information content (AvgIpc) is 3.70. The number of anilines is 2. The molecule has 3 amide bonds. The van der Waals surface area contributed by atoms with Gasteiger partial charge in [0.15, 0.2) is 0 Å². The Morgan fingerprint density at radius 1 is 0.897 bits per heavy atom. The van der Waals surface area contributed by atoms with Gasteiger partial charge in [-0.2, -0.15) is 15.3 Å². The van der Waals surface area contributed by atoms with Crippen LogP contribution in [0.2, 0.25) is 0 Å². The maximum Gasteiger partial charge on any atom is 0.236 e. The van der Waals surface area contributed by atoms with Gasteiger partial charge in [0, 0.05) is 83.3 Å². The molecule has 4 aliphatic heterocycles. The Kier molecular flexibility index (Phi) is 11.3. The highest BCUT2D eigenvalue weighted by molar-refractivity contribution is 6.03. The number of likely N-dealkylation sites (tertiary alicyclic amines) is 1. The van der Waals surface area contributed by atoms with E-state index in [0.717, 1.165) is 62.5 Å². The van der Waals surface area contributed by atoms with Gasteiger partial charge in [0.2, 0.25) is 17.7 Å². The number of phenols is 1. The molecule has 6 heterocycles. The molecule has 58 heavy (non-hydrogen) atoms. The molecule has 4 aromatic rings. The first-order chi connectivity index (χ1) is 28.0. The summed E-state index contributed by atoms with van der Waals surface area (Å²) in [4.78, 5) is 48.4. The lowest BCUT2D eigenvalue weighted by Crippen LogP contribution is -2.56. The van der Waals surface area contributed by atoms with Gasteiger partial charge >= 0.3 is 0 Å². The number of aromatic nitrogens is 4. The number of benzene rings is 2.